The molecule has 1 heterocycles. The van der Waals surface area contributed by atoms with E-state index in [0.29, 0.717) is 0 Å². The summed E-state index contributed by atoms with van der Waals surface area (Å²) in [5.74, 6) is -1.39. The molecule has 0 bridgehead atoms. The topological polar surface area (TPSA) is 38.9 Å². The van der Waals surface area contributed by atoms with Gasteiger partial charge in [-0.1, -0.05) is 0 Å². The number of rotatable bonds is 1. The predicted octanol–water partition coefficient (Wildman–Crippen LogP) is 3.68. The fourth-order valence-electron chi connectivity index (χ4n) is 1.54. The minimum Gasteiger partial charge on any atom is -0.397 e. The zero-order valence-electron chi connectivity index (χ0n) is 8.97. The molecule has 0 radical (unpaired) electrons. The summed E-state index contributed by atoms with van der Waals surface area (Å²) in [6, 6.07) is 4.10. The Bertz CT molecular complexity index is 585. The average molecular weight is 299 g/mol. The van der Waals surface area contributed by atoms with Crippen LogP contribution in [-0.2, 0) is 0 Å². The fraction of sp³-hybridized carbons (Fsp3) is 0.0833. The number of nitrogens with zero attached hydrogens (tertiary/aromatic N) is 1. The first-order chi connectivity index (χ1) is 8.00. The molecule has 2 rings (SSSR count). The van der Waals surface area contributed by atoms with Gasteiger partial charge in [-0.2, -0.15) is 0 Å². The van der Waals surface area contributed by atoms with Gasteiger partial charge in [-0.25, -0.2) is 8.78 Å². The molecule has 0 aliphatic carbocycles. The third kappa shape index (κ3) is 2.15. The zero-order valence-corrected chi connectivity index (χ0v) is 10.6. The Balaban J connectivity index is 2.72. The van der Waals surface area contributed by atoms with Crippen LogP contribution in [0.1, 0.15) is 5.56 Å². The lowest BCUT2D eigenvalue weighted by atomic mass is 10.1. The molecule has 1 aromatic carbocycles. The summed E-state index contributed by atoms with van der Waals surface area (Å²) in [5, 5.41) is 0. The molecule has 0 amide bonds. The largest absolute Gasteiger partial charge is 0.397 e. The van der Waals surface area contributed by atoms with Gasteiger partial charge in [0.25, 0.3) is 0 Å². The second-order valence-corrected chi connectivity index (χ2v) is 4.52. The van der Waals surface area contributed by atoms with Crippen LogP contribution < -0.4 is 5.73 Å². The number of benzene rings is 1. The summed E-state index contributed by atoms with van der Waals surface area (Å²) in [7, 11) is 0. The van der Waals surface area contributed by atoms with E-state index in [1.165, 1.54) is 18.3 Å². The summed E-state index contributed by atoms with van der Waals surface area (Å²) in [6.07, 6.45) is 1.52. The molecule has 1 aromatic heterocycles. The molecule has 2 aromatic rings. The van der Waals surface area contributed by atoms with Gasteiger partial charge in [0.15, 0.2) is 0 Å². The summed E-state index contributed by atoms with van der Waals surface area (Å²) in [4.78, 5) is 3.98. The lowest BCUT2D eigenvalue weighted by molar-refractivity contribution is 0.584. The minimum atomic E-state index is -0.701. The molecule has 88 valence electrons. The van der Waals surface area contributed by atoms with Crippen LogP contribution in [0, 0.1) is 18.6 Å². The normalized spacial score (nSPS) is 10.6. The van der Waals surface area contributed by atoms with Crippen LogP contribution in [0.4, 0.5) is 14.5 Å². The first-order valence-electron chi connectivity index (χ1n) is 4.86. The number of anilines is 1. The van der Waals surface area contributed by atoms with Crippen molar-refractivity contribution in [1.82, 2.24) is 4.98 Å². The van der Waals surface area contributed by atoms with Crippen molar-refractivity contribution in [2.75, 3.05) is 5.73 Å². The van der Waals surface area contributed by atoms with Gasteiger partial charge in [-0.05, 0) is 46.6 Å². The first-order valence-corrected chi connectivity index (χ1v) is 5.66. The van der Waals surface area contributed by atoms with Crippen molar-refractivity contribution in [3.05, 3.63) is 46.1 Å². The molecule has 0 aliphatic heterocycles. The molecule has 0 saturated heterocycles. The van der Waals surface area contributed by atoms with E-state index in [2.05, 4.69) is 20.9 Å². The van der Waals surface area contributed by atoms with E-state index in [-0.39, 0.29) is 21.4 Å². The van der Waals surface area contributed by atoms with E-state index in [1.54, 1.807) is 13.0 Å². The minimum absolute atomic E-state index is 0.118. The van der Waals surface area contributed by atoms with Crippen LogP contribution in [0.15, 0.2) is 28.9 Å². The molecule has 0 spiro atoms. The SMILES string of the molecule is Cc1cnc(-c2c(F)ccc(Br)c2F)c(N)c1. The smallest absolute Gasteiger partial charge is 0.149 e. The van der Waals surface area contributed by atoms with Crippen molar-refractivity contribution in [2.24, 2.45) is 0 Å². The molecule has 0 aliphatic rings. The predicted molar refractivity (Wildman–Crippen MR) is 66.4 cm³/mol. The molecule has 0 saturated carbocycles. The standard InChI is InChI=1S/C12H9BrF2N2/c1-6-4-9(16)12(17-5-6)10-8(14)3-2-7(13)11(10)15/h2-5H,16H2,1H3. The van der Waals surface area contributed by atoms with E-state index in [9.17, 15) is 8.78 Å². The maximum absolute atomic E-state index is 13.8. The highest BCUT2D eigenvalue weighted by Crippen LogP contribution is 2.32. The van der Waals surface area contributed by atoms with Crippen molar-refractivity contribution in [1.29, 1.82) is 0 Å². The van der Waals surface area contributed by atoms with Crippen molar-refractivity contribution >= 4 is 21.6 Å². The van der Waals surface area contributed by atoms with Crippen LogP contribution in [-0.4, -0.2) is 4.98 Å². The number of aromatic nitrogens is 1. The summed E-state index contributed by atoms with van der Waals surface area (Å²) >= 11 is 3.01. The average Bonchev–Trinajstić information content (AvgIpc) is 2.27. The van der Waals surface area contributed by atoms with Gasteiger partial charge in [0.1, 0.15) is 11.6 Å². The van der Waals surface area contributed by atoms with Gasteiger partial charge >= 0.3 is 0 Å². The van der Waals surface area contributed by atoms with Crippen LogP contribution in [0.3, 0.4) is 0 Å². The number of aryl methyl sites for hydroxylation is 1. The van der Waals surface area contributed by atoms with E-state index in [0.717, 1.165) is 5.56 Å². The Morgan fingerprint density at radius 1 is 1.29 bits per heavy atom. The number of halogens is 3. The second kappa shape index (κ2) is 4.41. The number of hydrogen-bond donors (Lipinski definition) is 1. The molecule has 0 unspecified atom stereocenters. The highest BCUT2D eigenvalue weighted by Gasteiger charge is 2.17. The first kappa shape index (κ1) is 12.0. The van der Waals surface area contributed by atoms with Crippen LogP contribution in [0.25, 0.3) is 11.3 Å². The number of pyridine rings is 1. The highest BCUT2D eigenvalue weighted by atomic mass is 79.9. The molecule has 5 heteroatoms. The van der Waals surface area contributed by atoms with Crippen LogP contribution in [0.5, 0.6) is 0 Å². The molecular formula is C12H9BrF2N2. The maximum Gasteiger partial charge on any atom is 0.149 e. The van der Waals surface area contributed by atoms with Crippen molar-refractivity contribution in [3.8, 4) is 11.3 Å². The third-order valence-electron chi connectivity index (χ3n) is 2.33. The van der Waals surface area contributed by atoms with Gasteiger partial charge in [0.05, 0.1) is 21.4 Å². The summed E-state index contributed by atoms with van der Waals surface area (Å²) in [6.45, 7) is 1.81. The van der Waals surface area contributed by atoms with Gasteiger partial charge in [-0.3, -0.25) is 4.98 Å². The quantitative estimate of drug-likeness (QED) is 0.816. The van der Waals surface area contributed by atoms with Gasteiger partial charge < -0.3 is 5.73 Å². The lowest BCUT2D eigenvalue weighted by Gasteiger charge is -2.09. The highest BCUT2D eigenvalue weighted by molar-refractivity contribution is 9.10. The number of hydrogen-bond acceptors (Lipinski definition) is 2. The summed E-state index contributed by atoms with van der Waals surface area (Å²) in [5.41, 5.74) is 6.72. The van der Waals surface area contributed by atoms with Crippen molar-refractivity contribution in [2.45, 2.75) is 6.92 Å². The molecule has 0 fully saturated rings. The fourth-order valence-corrected chi connectivity index (χ4v) is 1.88. The van der Waals surface area contributed by atoms with Gasteiger partial charge in [0, 0.05) is 6.20 Å². The zero-order chi connectivity index (χ0) is 12.6. The molecule has 2 nitrogen and oxygen atoms in total. The molecule has 0 atom stereocenters. The monoisotopic (exact) mass is 298 g/mol. The van der Waals surface area contributed by atoms with Crippen molar-refractivity contribution in [3.63, 3.8) is 0 Å². The Morgan fingerprint density at radius 3 is 2.65 bits per heavy atom. The lowest BCUT2D eigenvalue weighted by Crippen LogP contribution is -1.99. The van der Waals surface area contributed by atoms with E-state index < -0.39 is 11.6 Å². The summed E-state index contributed by atoms with van der Waals surface area (Å²) < 4.78 is 27.7. The van der Waals surface area contributed by atoms with Crippen LogP contribution >= 0.6 is 15.9 Å². The van der Waals surface area contributed by atoms with Gasteiger partial charge in [-0.15, -0.1) is 0 Å². The Kier molecular flexibility index (Phi) is 3.11. The van der Waals surface area contributed by atoms with Crippen LogP contribution in [0.2, 0.25) is 0 Å². The van der Waals surface area contributed by atoms with E-state index in [1.807, 2.05) is 0 Å². The Morgan fingerprint density at radius 2 is 2.00 bits per heavy atom. The third-order valence-corrected chi connectivity index (χ3v) is 2.95. The van der Waals surface area contributed by atoms with Gasteiger partial charge in [0.2, 0.25) is 0 Å². The second-order valence-electron chi connectivity index (χ2n) is 3.67. The number of nitrogen functional groups attached to an aromatic ring is 1. The molecule has 2 N–H and O–H groups in total. The Labute approximate surface area is 106 Å². The maximum atomic E-state index is 13.8. The van der Waals surface area contributed by atoms with E-state index >= 15 is 0 Å². The Hall–Kier alpha value is -1.49. The molecule has 17 heavy (non-hydrogen) atoms. The van der Waals surface area contributed by atoms with E-state index in [4.69, 9.17) is 5.73 Å². The van der Waals surface area contributed by atoms with Crippen molar-refractivity contribution < 1.29 is 8.78 Å². The number of nitrogens with two attached hydrogens (primary N) is 1. The molecular weight excluding hydrogens is 290 g/mol.